The molecule has 4 nitrogen and oxygen atoms in total. The number of phenols is 1. The average molecular weight is 975 g/mol. The summed E-state index contributed by atoms with van der Waals surface area (Å²) in [5, 5.41) is 20.4. The highest BCUT2D eigenvalue weighted by Crippen LogP contribution is 2.68. The SMILES string of the molecule is O=[N+]([O-])c1cc(C(F)(F)C(F)(F)C(F)(F)C(F)(F)C(F)(F)C(F)(F)C(F)(F)C(F)(F)F)c(O)c(C(F)(F)C(F)(F)C(F)(F)C(F)(F)C(F)(F)C(F)(F)C(F)(F)C(F)(F)F)c1. The molecule has 0 bridgehead atoms. The Kier molecular flexibility index (Phi) is 12.2. The highest BCUT2D eigenvalue weighted by atomic mass is 19.4. The molecule has 0 fully saturated rings. The van der Waals surface area contributed by atoms with E-state index in [-0.39, 0.29) is 0 Å². The molecule has 0 aliphatic heterocycles. The largest absolute Gasteiger partial charge is 0.507 e. The molecule has 38 heteroatoms. The van der Waals surface area contributed by atoms with Crippen molar-refractivity contribution in [2.75, 3.05) is 0 Å². The number of rotatable bonds is 15. The second-order valence-corrected chi connectivity index (χ2v) is 11.2. The third-order valence-corrected chi connectivity index (χ3v) is 7.43. The quantitative estimate of drug-likeness (QED) is 0.108. The molecular formula is C22H3F34NO3. The molecule has 60 heavy (non-hydrogen) atoms. The van der Waals surface area contributed by atoms with Crippen LogP contribution < -0.4 is 0 Å². The summed E-state index contributed by atoms with van der Waals surface area (Å²) in [7, 11) is 0. The maximum Gasteiger partial charge on any atom is 0.460 e. The maximum atomic E-state index is 14.8. The molecule has 352 valence electrons. The van der Waals surface area contributed by atoms with Gasteiger partial charge in [-0.15, -0.1) is 0 Å². The van der Waals surface area contributed by atoms with Crippen LogP contribution in [0.15, 0.2) is 12.1 Å². The molecule has 0 saturated carbocycles. The van der Waals surface area contributed by atoms with Crippen LogP contribution in [0.2, 0.25) is 0 Å². The summed E-state index contributed by atoms with van der Waals surface area (Å²) in [5.41, 5.74) is -13.0. The smallest absolute Gasteiger partial charge is 0.460 e. The Morgan fingerprint density at radius 3 is 0.667 bits per heavy atom. The summed E-state index contributed by atoms with van der Waals surface area (Å²) >= 11 is 0. The van der Waals surface area contributed by atoms with Gasteiger partial charge < -0.3 is 5.11 Å². The van der Waals surface area contributed by atoms with Crippen LogP contribution in [0.5, 0.6) is 5.75 Å². The lowest BCUT2D eigenvalue weighted by Crippen LogP contribution is -2.74. The lowest BCUT2D eigenvalue weighted by molar-refractivity contribution is -0.463. The molecule has 0 unspecified atom stereocenters. The van der Waals surface area contributed by atoms with Gasteiger partial charge in [-0.25, -0.2) is 0 Å². The van der Waals surface area contributed by atoms with Crippen molar-refractivity contribution in [3.8, 4) is 5.75 Å². The van der Waals surface area contributed by atoms with Gasteiger partial charge in [0.25, 0.3) is 5.69 Å². The van der Waals surface area contributed by atoms with Crippen LogP contribution in [0, 0.1) is 10.1 Å². The van der Waals surface area contributed by atoms with E-state index < -0.39 is 135 Å². The zero-order chi connectivity index (χ0) is 49.3. The number of hydrogen-bond donors (Lipinski definition) is 1. The number of hydrogen-bond acceptors (Lipinski definition) is 3. The zero-order valence-corrected chi connectivity index (χ0v) is 25.7. The molecule has 1 aromatic carbocycles. The van der Waals surface area contributed by atoms with Crippen LogP contribution in [0.25, 0.3) is 0 Å². The molecule has 0 atom stereocenters. The second kappa shape index (κ2) is 13.5. The van der Waals surface area contributed by atoms with Crippen molar-refractivity contribution in [1.29, 1.82) is 0 Å². The monoisotopic (exact) mass is 975 g/mol. The molecule has 0 aromatic heterocycles. The van der Waals surface area contributed by atoms with E-state index in [0.29, 0.717) is 0 Å². The first-order valence-corrected chi connectivity index (χ1v) is 12.9. The normalized spacial score (nSPS) is 16.4. The first-order chi connectivity index (χ1) is 25.4. The Morgan fingerprint density at radius 2 is 0.500 bits per heavy atom. The van der Waals surface area contributed by atoms with Crippen LogP contribution in [0.1, 0.15) is 11.1 Å². The van der Waals surface area contributed by atoms with E-state index in [4.69, 9.17) is 0 Å². The Balaban J connectivity index is 4.36. The third kappa shape index (κ3) is 6.41. The summed E-state index contributed by atoms with van der Waals surface area (Å²) in [6, 6.07) is -4.11. The van der Waals surface area contributed by atoms with Crippen LogP contribution in [0.4, 0.5) is 155 Å². The van der Waals surface area contributed by atoms with Gasteiger partial charge in [-0.3, -0.25) is 10.1 Å². The highest BCUT2D eigenvalue weighted by molar-refractivity contribution is 5.54. The summed E-state index contributed by atoms with van der Waals surface area (Å²) in [6.45, 7) is 0. The number of nitro benzene ring substituents is 1. The highest BCUT2D eigenvalue weighted by Gasteiger charge is 2.97. The van der Waals surface area contributed by atoms with Crippen LogP contribution in [0.3, 0.4) is 0 Å². The summed E-state index contributed by atoms with van der Waals surface area (Å²) < 4.78 is 463. The van der Waals surface area contributed by atoms with Gasteiger partial charge in [0.2, 0.25) is 0 Å². The molecule has 0 amide bonds. The number of benzene rings is 1. The van der Waals surface area contributed by atoms with Gasteiger partial charge in [0, 0.05) is 12.1 Å². The van der Waals surface area contributed by atoms with E-state index >= 15 is 0 Å². The second-order valence-electron chi connectivity index (χ2n) is 11.2. The first-order valence-electron chi connectivity index (χ1n) is 12.9. The number of non-ortho nitro benzene ring substituents is 1. The molecule has 0 radical (unpaired) electrons. The lowest BCUT2D eigenvalue weighted by atomic mass is 9.84. The van der Waals surface area contributed by atoms with Crippen molar-refractivity contribution in [2.24, 2.45) is 0 Å². The van der Waals surface area contributed by atoms with Crippen LogP contribution in [-0.2, 0) is 11.8 Å². The van der Waals surface area contributed by atoms with Crippen molar-refractivity contribution in [1.82, 2.24) is 0 Å². The van der Waals surface area contributed by atoms with Gasteiger partial charge >= 0.3 is 95.3 Å². The minimum Gasteiger partial charge on any atom is -0.507 e. The van der Waals surface area contributed by atoms with Gasteiger partial charge in [0.1, 0.15) is 5.75 Å². The molecule has 1 N–H and O–H groups in total. The van der Waals surface area contributed by atoms with Gasteiger partial charge in [-0.05, 0) is 0 Å². The van der Waals surface area contributed by atoms with Crippen molar-refractivity contribution in [2.45, 2.75) is 95.3 Å². The fourth-order valence-electron chi connectivity index (χ4n) is 3.87. The van der Waals surface area contributed by atoms with Crippen molar-refractivity contribution >= 4 is 5.69 Å². The minimum absolute atomic E-state index is 2.06. The Bertz CT molecular complexity index is 1680. The van der Waals surface area contributed by atoms with Crippen LogP contribution >= 0.6 is 0 Å². The molecular weight excluding hydrogens is 972 g/mol. The number of nitro groups is 1. The van der Waals surface area contributed by atoms with E-state index in [2.05, 4.69) is 0 Å². The predicted molar refractivity (Wildman–Crippen MR) is 114 cm³/mol. The van der Waals surface area contributed by atoms with Gasteiger partial charge in [-0.1, -0.05) is 0 Å². The summed E-state index contributed by atoms with van der Waals surface area (Å²) in [6.07, 6.45) is -16.6. The van der Waals surface area contributed by atoms with Crippen molar-refractivity contribution < 1.29 is 159 Å². The number of phenolic OH excluding ortho intramolecular Hbond substituents is 1. The Hall–Kier alpha value is -3.96. The molecule has 1 rings (SSSR count). The number of nitrogens with zero attached hydrogens (tertiary/aromatic N) is 1. The van der Waals surface area contributed by atoms with E-state index in [0.717, 1.165) is 0 Å². The van der Waals surface area contributed by atoms with Gasteiger partial charge in [0.05, 0.1) is 16.1 Å². The van der Waals surface area contributed by atoms with Gasteiger partial charge in [-0.2, -0.15) is 149 Å². The number of halogens is 34. The fraction of sp³-hybridized carbons (Fsp3) is 0.727. The van der Waals surface area contributed by atoms with Crippen LogP contribution in [-0.4, -0.2) is 93.5 Å². The van der Waals surface area contributed by atoms with Crippen molar-refractivity contribution in [3.05, 3.63) is 33.4 Å². The Morgan fingerprint density at radius 1 is 0.333 bits per heavy atom. The predicted octanol–water partition coefficient (Wildman–Crippen LogP) is 12.2. The Labute approximate surface area is 300 Å². The summed E-state index contributed by atoms with van der Waals surface area (Å²) in [4.78, 5) is 8.04. The maximum absolute atomic E-state index is 14.8. The number of aromatic hydroxyl groups is 1. The van der Waals surface area contributed by atoms with E-state index in [9.17, 15) is 164 Å². The molecule has 0 aliphatic carbocycles. The third-order valence-electron chi connectivity index (χ3n) is 7.43. The minimum atomic E-state index is -9.58. The van der Waals surface area contributed by atoms with Crippen molar-refractivity contribution in [3.63, 3.8) is 0 Å². The van der Waals surface area contributed by atoms with E-state index in [1.165, 1.54) is 0 Å². The molecule has 0 saturated heterocycles. The molecule has 0 spiro atoms. The number of alkyl halides is 34. The van der Waals surface area contributed by atoms with E-state index in [1.54, 1.807) is 0 Å². The average Bonchev–Trinajstić information content (AvgIpc) is 3.02. The summed E-state index contributed by atoms with van der Waals surface area (Å²) in [5.74, 6) is -133. The van der Waals surface area contributed by atoms with E-state index in [1.807, 2.05) is 0 Å². The first kappa shape index (κ1) is 54.1. The standard InChI is InChI=1S/C22H3F34NO3/c23-7(24,9(27,28)11(31,32)13(35,36)15(39,40)17(43,44)19(47,48)21(51,52)53)4-1-3(57(59)60)2-5(6(4)58)8(25,26)10(29,30)12(33,34)14(37,38)16(41,42)18(45,46)20(49,50)22(54,55)56/h1-2,58H. The topological polar surface area (TPSA) is 63.4 Å². The zero-order valence-electron chi connectivity index (χ0n) is 25.7. The lowest BCUT2D eigenvalue weighted by Gasteiger charge is -2.43. The molecule has 1 aromatic rings. The van der Waals surface area contributed by atoms with Gasteiger partial charge in [0.15, 0.2) is 0 Å². The molecule has 0 aliphatic rings. The molecule has 0 heterocycles. The fourth-order valence-corrected chi connectivity index (χ4v) is 3.87.